The number of phenolic OH excluding ortho intramolecular Hbond substituents is 1. The Balaban J connectivity index is 1.36. The molecule has 0 bridgehead atoms. The lowest BCUT2D eigenvalue weighted by Gasteiger charge is -2.26. The van der Waals surface area contributed by atoms with Crippen LogP contribution in [0.1, 0.15) is 90.5 Å². The van der Waals surface area contributed by atoms with E-state index in [9.17, 15) is 5.11 Å². The van der Waals surface area contributed by atoms with E-state index < -0.39 is 5.89 Å². The number of aryl methyl sites for hydroxylation is 2. The number of phenols is 1. The van der Waals surface area contributed by atoms with E-state index in [1.54, 1.807) is 0 Å². The smallest absolute Gasteiger partial charge is 0.149 e. The lowest BCUT2D eigenvalue weighted by atomic mass is 9.83. The fourth-order valence-electron chi connectivity index (χ4n) is 8.16. The van der Waals surface area contributed by atoms with Crippen molar-refractivity contribution in [3.63, 3.8) is 0 Å². The molecule has 0 saturated heterocycles. The van der Waals surface area contributed by atoms with Crippen molar-refractivity contribution in [1.29, 1.82) is 0 Å². The Labute approximate surface area is 351 Å². The van der Waals surface area contributed by atoms with Crippen molar-refractivity contribution in [2.45, 2.75) is 86.0 Å². The van der Waals surface area contributed by atoms with Gasteiger partial charge in [-0.1, -0.05) is 140 Å². The Morgan fingerprint density at radius 3 is 1.98 bits per heavy atom. The maximum absolute atomic E-state index is 11.8. The molecule has 0 atom stereocenters. The highest BCUT2D eigenvalue weighted by molar-refractivity contribution is 5.97. The largest absolute Gasteiger partial charge is 0.507 e. The van der Waals surface area contributed by atoms with Crippen molar-refractivity contribution in [1.82, 2.24) is 14.5 Å². The zero-order chi connectivity index (χ0) is 42.7. The highest BCUT2D eigenvalue weighted by Gasteiger charge is 2.27. The summed E-state index contributed by atoms with van der Waals surface area (Å²) in [6.45, 7) is 21.4. The van der Waals surface area contributed by atoms with Gasteiger partial charge in [0.2, 0.25) is 0 Å². The van der Waals surface area contributed by atoms with E-state index in [0.29, 0.717) is 11.4 Å². The van der Waals surface area contributed by atoms with Gasteiger partial charge in [-0.2, -0.15) is 0 Å². The number of pyridine rings is 1. The maximum Gasteiger partial charge on any atom is 0.149 e. The Kier molecular flexibility index (Phi) is 9.83. The molecule has 0 aliphatic carbocycles. The minimum Gasteiger partial charge on any atom is -0.507 e. The Morgan fingerprint density at radius 1 is 0.610 bits per heavy atom. The minimum atomic E-state index is -0.660. The highest BCUT2D eigenvalue weighted by Crippen LogP contribution is 2.43. The van der Waals surface area contributed by atoms with Crippen LogP contribution < -0.4 is 0 Å². The first-order valence-electron chi connectivity index (χ1n) is 21.1. The summed E-state index contributed by atoms with van der Waals surface area (Å²) in [7, 11) is 0. The van der Waals surface area contributed by atoms with E-state index in [1.165, 1.54) is 16.7 Å². The molecule has 2 heterocycles. The zero-order valence-corrected chi connectivity index (χ0v) is 36.1. The third-order valence-electron chi connectivity index (χ3n) is 11.5. The zero-order valence-electron chi connectivity index (χ0n) is 37.1. The molecule has 2 aromatic heterocycles. The summed E-state index contributed by atoms with van der Waals surface area (Å²) in [5, 5.41) is 11.8. The SMILES string of the molecule is [2H]C(C)(C)c1ccc(-c2ccnc(-c3cc(-c4cccc5c4nc(-c4cc(C)cc(C)c4O)n5-c4ccc(-c5ccccc5)cc4C(C)(C)C)cc(C(C)(C)C)c3)c2)cc1. The topological polar surface area (TPSA) is 50.9 Å². The van der Waals surface area contributed by atoms with Gasteiger partial charge in [0.25, 0.3) is 0 Å². The summed E-state index contributed by atoms with van der Waals surface area (Å²) in [6.07, 6.45) is 1.89. The Hall–Kier alpha value is -6.26. The molecule has 296 valence electrons. The van der Waals surface area contributed by atoms with Crippen LogP contribution in [0.2, 0.25) is 0 Å². The van der Waals surface area contributed by atoms with Crippen LogP contribution in [0.5, 0.6) is 5.75 Å². The molecule has 4 heteroatoms. The normalized spacial score (nSPS) is 12.5. The van der Waals surface area contributed by atoms with E-state index in [-0.39, 0.29) is 16.6 Å². The van der Waals surface area contributed by atoms with E-state index in [4.69, 9.17) is 11.3 Å². The van der Waals surface area contributed by atoms with Crippen LogP contribution in [-0.4, -0.2) is 19.6 Å². The number of fused-ring (bicyclic) bond motifs is 1. The summed E-state index contributed by atoms with van der Waals surface area (Å²) >= 11 is 0. The Bertz CT molecular complexity index is 2880. The van der Waals surface area contributed by atoms with Gasteiger partial charge in [-0.3, -0.25) is 9.55 Å². The maximum atomic E-state index is 11.8. The van der Waals surface area contributed by atoms with Gasteiger partial charge < -0.3 is 5.11 Å². The molecule has 59 heavy (non-hydrogen) atoms. The number of nitrogens with zero attached hydrogens (tertiary/aromatic N) is 3. The second-order valence-electron chi connectivity index (χ2n) is 18.3. The van der Waals surface area contributed by atoms with Crippen molar-refractivity contribution in [2.24, 2.45) is 0 Å². The molecule has 0 radical (unpaired) electrons. The van der Waals surface area contributed by atoms with Gasteiger partial charge in [0.05, 0.1) is 28.0 Å². The first-order chi connectivity index (χ1) is 28.4. The molecule has 8 aromatic rings. The monoisotopic (exact) mass is 774 g/mol. The summed E-state index contributed by atoms with van der Waals surface area (Å²) in [6, 6.07) is 47.1. The number of aromatic hydroxyl groups is 1. The molecule has 8 rings (SSSR count). The fourth-order valence-corrected chi connectivity index (χ4v) is 8.16. The van der Waals surface area contributed by atoms with Crippen LogP contribution in [0.25, 0.3) is 72.7 Å². The molecule has 6 aromatic carbocycles. The van der Waals surface area contributed by atoms with Crippen LogP contribution in [0.3, 0.4) is 0 Å². The molecule has 4 nitrogen and oxygen atoms in total. The molecule has 0 spiro atoms. The number of benzene rings is 6. The average molecular weight is 775 g/mol. The predicted octanol–water partition coefficient (Wildman–Crippen LogP) is 14.8. The third-order valence-corrected chi connectivity index (χ3v) is 11.5. The number of hydrogen-bond acceptors (Lipinski definition) is 3. The van der Waals surface area contributed by atoms with Crippen molar-refractivity contribution in [2.75, 3.05) is 0 Å². The van der Waals surface area contributed by atoms with E-state index in [2.05, 4.69) is 174 Å². The van der Waals surface area contributed by atoms with Gasteiger partial charge in [0, 0.05) is 18.7 Å². The lowest BCUT2D eigenvalue weighted by Crippen LogP contribution is -2.16. The molecular formula is C55H55N3O. The van der Waals surface area contributed by atoms with E-state index in [0.717, 1.165) is 72.5 Å². The number of aromatic nitrogens is 3. The first-order valence-corrected chi connectivity index (χ1v) is 20.6. The average Bonchev–Trinajstić information content (AvgIpc) is 3.61. The van der Waals surface area contributed by atoms with Gasteiger partial charge in [-0.15, -0.1) is 0 Å². The third kappa shape index (κ3) is 7.72. The molecule has 1 N–H and O–H groups in total. The molecule has 0 unspecified atom stereocenters. The van der Waals surface area contributed by atoms with Gasteiger partial charge >= 0.3 is 0 Å². The molecule has 0 saturated carbocycles. The van der Waals surface area contributed by atoms with Crippen LogP contribution in [0, 0.1) is 13.8 Å². The summed E-state index contributed by atoms with van der Waals surface area (Å²) < 4.78 is 10.7. The second kappa shape index (κ2) is 15.2. The predicted molar refractivity (Wildman–Crippen MR) is 249 cm³/mol. The van der Waals surface area contributed by atoms with Crippen LogP contribution in [0.4, 0.5) is 0 Å². The standard InChI is InChI=1S/C55H55N3O/c1-34(2)37-19-21-39(22-20-37)41-25-26-56-48(33-41)43-29-42(30-44(31-43)54(5,6)7)45-17-14-18-50-51(45)57-53(46-28-35(3)27-36(4)52(46)59)58(50)49-24-23-40(32-47(49)55(8,9)10)38-15-12-11-13-16-38/h11-34,59H,1-10H3/i34D. The Morgan fingerprint density at radius 2 is 1.29 bits per heavy atom. The summed E-state index contributed by atoms with van der Waals surface area (Å²) in [5.74, 6) is 0.269. The van der Waals surface area contributed by atoms with Gasteiger partial charge in [0.15, 0.2) is 0 Å². The van der Waals surface area contributed by atoms with E-state index in [1.807, 2.05) is 39.1 Å². The molecular weight excluding hydrogens is 719 g/mol. The van der Waals surface area contributed by atoms with Crippen LogP contribution in [-0.2, 0) is 10.8 Å². The quantitative estimate of drug-likeness (QED) is 0.175. The molecule has 0 aliphatic heterocycles. The van der Waals surface area contributed by atoms with Crippen molar-refractivity contribution < 1.29 is 6.48 Å². The number of hydrogen-bond donors (Lipinski definition) is 1. The van der Waals surface area contributed by atoms with Crippen LogP contribution >= 0.6 is 0 Å². The van der Waals surface area contributed by atoms with Gasteiger partial charge in [0.1, 0.15) is 11.6 Å². The number of imidazole rings is 1. The number of rotatable bonds is 7. The van der Waals surface area contributed by atoms with Gasteiger partial charge in [-0.05, 0) is 135 Å². The van der Waals surface area contributed by atoms with Crippen LogP contribution in [0.15, 0.2) is 140 Å². The summed E-state index contributed by atoms with van der Waals surface area (Å²) in [5.41, 5.74) is 16.9. The second-order valence-corrected chi connectivity index (χ2v) is 18.3. The minimum absolute atomic E-state index is 0.146. The van der Waals surface area contributed by atoms with Crippen molar-refractivity contribution in [3.05, 3.63) is 167 Å². The lowest BCUT2D eigenvalue weighted by molar-refractivity contribution is 0.472. The molecule has 0 amide bonds. The highest BCUT2D eigenvalue weighted by atomic mass is 16.3. The van der Waals surface area contributed by atoms with Crippen molar-refractivity contribution >= 4 is 11.0 Å². The van der Waals surface area contributed by atoms with Crippen molar-refractivity contribution in [3.8, 4) is 67.5 Å². The molecule has 0 fully saturated rings. The fraction of sp³-hybridized carbons (Fsp3) is 0.236. The van der Waals surface area contributed by atoms with Gasteiger partial charge in [-0.25, -0.2) is 4.98 Å². The number of para-hydroxylation sites is 1. The summed E-state index contributed by atoms with van der Waals surface area (Å²) in [4.78, 5) is 10.4. The molecule has 0 aliphatic rings. The first kappa shape index (κ1) is 38.3. The van der Waals surface area contributed by atoms with E-state index >= 15 is 0 Å².